The van der Waals surface area contributed by atoms with Crippen LogP contribution >= 0.6 is 0 Å². The fraction of sp³-hybridized carbons (Fsp3) is 0.207. The Hall–Kier alpha value is -3.67. The van der Waals surface area contributed by atoms with Crippen molar-refractivity contribution in [2.24, 2.45) is 0 Å². The lowest BCUT2D eigenvalue weighted by atomic mass is 10.0. The van der Waals surface area contributed by atoms with Crippen LogP contribution in [0.5, 0.6) is 0 Å². The number of hydrogen-bond acceptors (Lipinski definition) is 3. The van der Waals surface area contributed by atoms with E-state index < -0.39 is 5.91 Å². The van der Waals surface area contributed by atoms with Crippen molar-refractivity contribution in [3.63, 3.8) is 0 Å². The van der Waals surface area contributed by atoms with E-state index >= 15 is 0 Å². The van der Waals surface area contributed by atoms with E-state index in [9.17, 15) is 4.79 Å². The van der Waals surface area contributed by atoms with E-state index in [1.165, 1.54) is 39.2 Å². The summed E-state index contributed by atoms with van der Waals surface area (Å²) in [7, 11) is 0. The number of hydrogen-bond donors (Lipinski definition) is 3. The van der Waals surface area contributed by atoms with Crippen LogP contribution in [0.2, 0.25) is 0 Å². The van der Waals surface area contributed by atoms with Gasteiger partial charge in [-0.15, -0.1) is 0 Å². The minimum Gasteiger partial charge on any atom is -0.361 e. The third-order valence-electron chi connectivity index (χ3n) is 6.76. The molecule has 5 nitrogen and oxygen atoms in total. The highest BCUT2D eigenvalue weighted by atomic mass is 16.5. The number of H-pyrrole nitrogens is 1. The summed E-state index contributed by atoms with van der Waals surface area (Å²) in [6.07, 6.45) is 8.32. The predicted molar refractivity (Wildman–Crippen MR) is 135 cm³/mol. The van der Waals surface area contributed by atoms with Crippen molar-refractivity contribution in [1.29, 1.82) is 0 Å². The topological polar surface area (TPSA) is 68.4 Å². The largest absolute Gasteiger partial charge is 0.361 e. The van der Waals surface area contributed by atoms with Gasteiger partial charge in [-0.3, -0.25) is 14.9 Å². The van der Waals surface area contributed by atoms with Crippen molar-refractivity contribution < 1.29 is 10.0 Å². The molecule has 3 aromatic carbocycles. The molecule has 0 bridgehead atoms. The number of amides is 1. The number of carbonyl (C=O) groups is 1. The first-order chi connectivity index (χ1) is 16.7. The van der Waals surface area contributed by atoms with Gasteiger partial charge in [0.05, 0.1) is 0 Å². The summed E-state index contributed by atoms with van der Waals surface area (Å²) < 4.78 is 0. The number of nitrogens with one attached hydrogen (secondary N) is 2. The Morgan fingerprint density at radius 1 is 1.09 bits per heavy atom. The Kier molecular flexibility index (Phi) is 6.56. The number of nitrogens with zero attached hydrogens (tertiary/aromatic N) is 1. The van der Waals surface area contributed by atoms with E-state index in [0.29, 0.717) is 6.04 Å². The lowest BCUT2D eigenvalue weighted by Gasteiger charge is -2.30. The fourth-order valence-corrected chi connectivity index (χ4v) is 5.07. The van der Waals surface area contributed by atoms with E-state index in [-0.39, 0.29) is 0 Å². The average Bonchev–Trinajstić information content (AvgIpc) is 3.49. The van der Waals surface area contributed by atoms with Gasteiger partial charge in [-0.05, 0) is 59.2 Å². The van der Waals surface area contributed by atoms with Gasteiger partial charge in [-0.2, -0.15) is 0 Å². The zero-order chi connectivity index (χ0) is 23.3. The molecule has 172 valence electrons. The number of para-hydroxylation sites is 1. The van der Waals surface area contributed by atoms with Crippen LogP contribution < -0.4 is 5.48 Å². The van der Waals surface area contributed by atoms with Crippen LogP contribution in [0.15, 0.2) is 85.1 Å². The highest BCUT2D eigenvalue weighted by Crippen LogP contribution is 2.37. The Balaban J connectivity index is 1.38. The molecule has 0 aliphatic heterocycles. The second-order valence-corrected chi connectivity index (χ2v) is 8.89. The van der Waals surface area contributed by atoms with E-state index in [2.05, 4.69) is 88.9 Å². The lowest BCUT2D eigenvalue weighted by molar-refractivity contribution is -0.124. The molecule has 1 aliphatic carbocycles. The summed E-state index contributed by atoms with van der Waals surface area (Å²) in [4.78, 5) is 17.3. The van der Waals surface area contributed by atoms with Gasteiger partial charge in [-0.1, -0.05) is 66.7 Å². The molecule has 1 unspecified atom stereocenters. The number of aryl methyl sites for hydroxylation is 1. The second-order valence-electron chi connectivity index (χ2n) is 8.89. The SMILES string of the molecule is O=C(C=Cc1ccc2c(c1)CCC2N(CCc1c[nH]c2ccccc12)Cc1ccccc1)NO. The third kappa shape index (κ3) is 4.81. The minimum atomic E-state index is -0.523. The zero-order valence-electron chi connectivity index (χ0n) is 19.1. The van der Waals surface area contributed by atoms with Gasteiger partial charge in [-0.25, -0.2) is 5.48 Å². The normalized spacial score (nSPS) is 15.3. The van der Waals surface area contributed by atoms with Crippen molar-refractivity contribution in [3.8, 4) is 0 Å². The zero-order valence-corrected chi connectivity index (χ0v) is 19.1. The quantitative estimate of drug-likeness (QED) is 0.190. The number of benzene rings is 3. The predicted octanol–water partition coefficient (Wildman–Crippen LogP) is 5.42. The summed E-state index contributed by atoms with van der Waals surface area (Å²) in [6, 6.07) is 26.0. The maximum absolute atomic E-state index is 11.3. The van der Waals surface area contributed by atoms with Gasteiger partial charge >= 0.3 is 0 Å². The standard InChI is InChI=1S/C29H29N3O2/c33-29(31-34)15-11-21-10-13-26-23(18-21)12-14-28(26)32(20-22-6-2-1-3-7-22)17-16-24-19-30-27-9-5-4-8-25(24)27/h1-11,13,15,18-19,28,30,34H,12,14,16-17,20H2,(H,31,33). The smallest absolute Gasteiger partial charge is 0.267 e. The molecule has 1 aromatic heterocycles. The first-order valence-electron chi connectivity index (χ1n) is 11.8. The molecule has 0 saturated carbocycles. The number of fused-ring (bicyclic) bond motifs is 2. The van der Waals surface area contributed by atoms with Crippen LogP contribution in [0.25, 0.3) is 17.0 Å². The van der Waals surface area contributed by atoms with Crippen molar-refractivity contribution in [3.05, 3.63) is 113 Å². The lowest BCUT2D eigenvalue weighted by Crippen LogP contribution is -2.29. The molecule has 0 spiro atoms. The van der Waals surface area contributed by atoms with Crippen LogP contribution in [0.3, 0.4) is 0 Å². The molecule has 4 aromatic rings. The van der Waals surface area contributed by atoms with Crippen LogP contribution in [-0.4, -0.2) is 27.5 Å². The highest BCUT2D eigenvalue weighted by Gasteiger charge is 2.28. The van der Waals surface area contributed by atoms with Crippen LogP contribution in [0.4, 0.5) is 0 Å². The minimum absolute atomic E-state index is 0.360. The molecule has 5 rings (SSSR count). The number of rotatable bonds is 8. The van der Waals surface area contributed by atoms with E-state index in [4.69, 9.17) is 5.21 Å². The molecular weight excluding hydrogens is 422 g/mol. The van der Waals surface area contributed by atoms with Gasteiger partial charge < -0.3 is 4.98 Å². The maximum atomic E-state index is 11.3. The molecule has 34 heavy (non-hydrogen) atoms. The second kappa shape index (κ2) is 10.1. The number of carbonyl (C=O) groups excluding carboxylic acids is 1. The summed E-state index contributed by atoms with van der Waals surface area (Å²) in [5.41, 5.74) is 9.18. The summed E-state index contributed by atoms with van der Waals surface area (Å²) in [6.45, 7) is 1.88. The molecular formula is C29H29N3O2. The Morgan fingerprint density at radius 3 is 2.76 bits per heavy atom. The first-order valence-corrected chi connectivity index (χ1v) is 11.8. The molecule has 3 N–H and O–H groups in total. The summed E-state index contributed by atoms with van der Waals surface area (Å²) in [5.74, 6) is -0.523. The number of aromatic amines is 1. The molecule has 0 fully saturated rings. The van der Waals surface area contributed by atoms with Gasteiger partial charge in [0.15, 0.2) is 0 Å². The van der Waals surface area contributed by atoms with E-state index in [1.807, 2.05) is 0 Å². The van der Waals surface area contributed by atoms with Crippen molar-refractivity contribution in [1.82, 2.24) is 15.4 Å². The molecule has 0 saturated heterocycles. The number of aromatic nitrogens is 1. The van der Waals surface area contributed by atoms with Gasteiger partial charge in [0, 0.05) is 42.3 Å². The monoisotopic (exact) mass is 451 g/mol. The van der Waals surface area contributed by atoms with Gasteiger partial charge in [0.2, 0.25) is 0 Å². The van der Waals surface area contributed by atoms with Crippen molar-refractivity contribution in [2.75, 3.05) is 6.54 Å². The summed E-state index contributed by atoms with van der Waals surface area (Å²) in [5, 5.41) is 10.0. The van der Waals surface area contributed by atoms with Crippen LogP contribution in [-0.2, 0) is 24.2 Å². The Labute approximate surface area is 199 Å². The fourth-order valence-electron chi connectivity index (χ4n) is 5.07. The Morgan fingerprint density at radius 2 is 1.91 bits per heavy atom. The number of hydroxylamine groups is 1. The molecule has 1 heterocycles. The van der Waals surface area contributed by atoms with Gasteiger partial charge in [0.25, 0.3) is 5.91 Å². The highest BCUT2D eigenvalue weighted by molar-refractivity contribution is 5.90. The van der Waals surface area contributed by atoms with Crippen molar-refractivity contribution in [2.45, 2.75) is 31.8 Å². The third-order valence-corrected chi connectivity index (χ3v) is 6.76. The van der Waals surface area contributed by atoms with Crippen LogP contribution in [0.1, 0.15) is 40.3 Å². The molecule has 1 atom stereocenters. The average molecular weight is 452 g/mol. The van der Waals surface area contributed by atoms with Crippen molar-refractivity contribution >= 4 is 22.9 Å². The molecule has 5 heteroatoms. The van der Waals surface area contributed by atoms with Gasteiger partial charge in [0.1, 0.15) is 0 Å². The van der Waals surface area contributed by atoms with E-state index in [0.717, 1.165) is 37.9 Å². The molecule has 1 amide bonds. The van der Waals surface area contributed by atoms with E-state index in [1.54, 1.807) is 11.6 Å². The molecule has 0 radical (unpaired) electrons. The first kappa shape index (κ1) is 22.1. The molecule has 1 aliphatic rings. The Bertz CT molecular complexity index is 1310. The van der Waals surface area contributed by atoms with Crippen LogP contribution in [0, 0.1) is 0 Å². The summed E-state index contributed by atoms with van der Waals surface area (Å²) >= 11 is 0. The maximum Gasteiger partial charge on any atom is 0.267 e.